The Morgan fingerprint density at radius 3 is 2.05 bits per heavy atom. The van der Waals surface area contributed by atoms with Gasteiger partial charge in [0, 0.05) is 37.3 Å². The molecule has 1 rings (SSSR count). The summed E-state index contributed by atoms with van der Waals surface area (Å²) in [5, 5.41) is 10.6. The van der Waals surface area contributed by atoms with E-state index >= 15 is 0 Å². The zero-order valence-electron chi connectivity index (χ0n) is 13.3. The minimum absolute atomic E-state index is 0.0266. The number of nitro benzene ring substituents is 1. The second-order valence-corrected chi connectivity index (χ2v) is 7.34. The van der Waals surface area contributed by atoms with Crippen molar-refractivity contribution < 1.29 is 13.3 Å². The van der Waals surface area contributed by atoms with Crippen LogP contribution in [0.3, 0.4) is 0 Å². The van der Waals surface area contributed by atoms with Crippen LogP contribution < -0.4 is 4.72 Å². The number of non-ortho nitro benzene ring substituents is 1. The number of nitrogens with one attached hydrogen (secondary N) is 1. The maximum atomic E-state index is 12.1. The monoisotopic (exact) mass is 329 g/mol. The first-order chi connectivity index (χ1) is 10.1. The Balaban J connectivity index is 2.69. The summed E-state index contributed by atoms with van der Waals surface area (Å²) in [7, 11) is -3.65. The summed E-state index contributed by atoms with van der Waals surface area (Å²) >= 11 is 0. The summed E-state index contributed by atoms with van der Waals surface area (Å²) in [6.07, 6.45) is 0. The van der Waals surface area contributed by atoms with Crippen LogP contribution >= 0.6 is 0 Å². The number of nitrogens with zero attached hydrogens (tertiary/aromatic N) is 2. The van der Waals surface area contributed by atoms with Crippen LogP contribution in [0.5, 0.6) is 0 Å². The first-order valence-electron chi connectivity index (χ1n) is 7.15. The van der Waals surface area contributed by atoms with E-state index in [9.17, 15) is 18.5 Å². The van der Waals surface area contributed by atoms with Crippen molar-refractivity contribution in [3.05, 3.63) is 34.4 Å². The van der Waals surface area contributed by atoms with Crippen LogP contribution in [0, 0.1) is 10.1 Å². The quantitative estimate of drug-likeness (QED) is 0.581. The molecule has 0 fully saturated rings. The van der Waals surface area contributed by atoms with E-state index in [1.165, 1.54) is 24.3 Å². The van der Waals surface area contributed by atoms with Crippen molar-refractivity contribution in [1.29, 1.82) is 0 Å². The molecule has 0 bridgehead atoms. The molecule has 0 spiro atoms. The molecule has 1 aromatic carbocycles. The molecule has 8 heteroatoms. The van der Waals surface area contributed by atoms with Crippen molar-refractivity contribution in [2.24, 2.45) is 0 Å². The Morgan fingerprint density at radius 2 is 1.64 bits per heavy atom. The first-order valence-corrected chi connectivity index (χ1v) is 8.63. The molecular weight excluding hydrogens is 306 g/mol. The predicted octanol–water partition coefficient (Wildman–Crippen LogP) is 1.99. The lowest BCUT2D eigenvalue weighted by Crippen LogP contribution is -2.42. The van der Waals surface area contributed by atoms with Gasteiger partial charge in [-0.15, -0.1) is 0 Å². The highest BCUT2D eigenvalue weighted by atomic mass is 32.2. The van der Waals surface area contributed by atoms with Gasteiger partial charge in [-0.3, -0.25) is 15.0 Å². The van der Waals surface area contributed by atoms with E-state index in [2.05, 4.69) is 37.3 Å². The standard InChI is InChI=1S/C14H23N3O4S/c1-11(2)16(12(3)4)10-9-15-22(20,21)14-7-5-13(6-8-14)17(18)19/h5-8,11-12,15H,9-10H2,1-4H3. The molecule has 7 nitrogen and oxygen atoms in total. The number of sulfonamides is 1. The molecular formula is C14H23N3O4S. The second-order valence-electron chi connectivity index (χ2n) is 5.57. The van der Waals surface area contributed by atoms with Gasteiger partial charge in [0.05, 0.1) is 9.82 Å². The van der Waals surface area contributed by atoms with Gasteiger partial charge in [0.25, 0.3) is 5.69 Å². The largest absolute Gasteiger partial charge is 0.297 e. The van der Waals surface area contributed by atoms with E-state index in [0.717, 1.165) is 0 Å². The van der Waals surface area contributed by atoms with Crippen molar-refractivity contribution >= 4 is 15.7 Å². The number of rotatable bonds is 8. The van der Waals surface area contributed by atoms with Crippen LogP contribution in [0.1, 0.15) is 27.7 Å². The summed E-state index contributed by atoms with van der Waals surface area (Å²) in [6.45, 7) is 9.13. The molecule has 1 N–H and O–H groups in total. The van der Waals surface area contributed by atoms with Crippen LogP contribution in [0.2, 0.25) is 0 Å². The van der Waals surface area contributed by atoms with Gasteiger partial charge in [-0.2, -0.15) is 0 Å². The van der Waals surface area contributed by atoms with Crippen molar-refractivity contribution in [2.75, 3.05) is 13.1 Å². The van der Waals surface area contributed by atoms with Gasteiger partial charge in [-0.05, 0) is 39.8 Å². The van der Waals surface area contributed by atoms with E-state index < -0.39 is 14.9 Å². The van der Waals surface area contributed by atoms with Crippen LogP contribution in [0.4, 0.5) is 5.69 Å². The predicted molar refractivity (Wildman–Crippen MR) is 85.3 cm³/mol. The van der Waals surface area contributed by atoms with Gasteiger partial charge >= 0.3 is 0 Å². The fourth-order valence-electron chi connectivity index (χ4n) is 2.25. The molecule has 0 aromatic heterocycles. The Kier molecular flexibility index (Phi) is 6.46. The molecule has 0 aliphatic heterocycles. The maximum absolute atomic E-state index is 12.1. The van der Waals surface area contributed by atoms with Crippen molar-refractivity contribution in [3.63, 3.8) is 0 Å². The van der Waals surface area contributed by atoms with Crippen molar-refractivity contribution in [1.82, 2.24) is 9.62 Å². The summed E-state index contributed by atoms with van der Waals surface area (Å²) in [4.78, 5) is 12.2. The topological polar surface area (TPSA) is 92.6 Å². The third-order valence-electron chi connectivity index (χ3n) is 3.35. The number of hydrogen-bond donors (Lipinski definition) is 1. The summed E-state index contributed by atoms with van der Waals surface area (Å²) < 4.78 is 26.8. The fraction of sp³-hybridized carbons (Fsp3) is 0.571. The summed E-state index contributed by atoms with van der Waals surface area (Å²) in [5.74, 6) is 0. The summed E-state index contributed by atoms with van der Waals surface area (Å²) in [5.41, 5.74) is -0.134. The third-order valence-corrected chi connectivity index (χ3v) is 4.82. The molecule has 0 radical (unpaired) electrons. The SMILES string of the molecule is CC(C)N(CCNS(=O)(=O)c1ccc([N+](=O)[O-])cc1)C(C)C. The second kappa shape index (κ2) is 7.66. The first kappa shape index (κ1) is 18.5. The lowest BCUT2D eigenvalue weighted by Gasteiger charge is -2.30. The number of hydrogen-bond acceptors (Lipinski definition) is 5. The van der Waals surface area contributed by atoms with E-state index in [4.69, 9.17) is 0 Å². The Morgan fingerprint density at radius 1 is 1.14 bits per heavy atom. The average molecular weight is 329 g/mol. The van der Waals surface area contributed by atoms with Crippen molar-refractivity contribution in [3.8, 4) is 0 Å². The van der Waals surface area contributed by atoms with Crippen LogP contribution in [0.25, 0.3) is 0 Å². The van der Waals surface area contributed by atoms with E-state index in [-0.39, 0.29) is 17.1 Å². The van der Waals surface area contributed by atoms with Gasteiger partial charge in [-0.1, -0.05) is 0 Å². The van der Waals surface area contributed by atoms with Crippen LogP contribution in [-0.4, -0.2) is 43.4 Å². The molecule has 0 atom stereocenters. The summed E-state index contributed by atoms with van der Waals surface area (Å²) in [6, 6.07) is 5.49. The molecule has 0 heterocycles. The average Bonchev–Trinajstić information content (AvgIpc) is 2.42. The zero-order chi connectivity index (χ0) is 16.9. The zero-order valence-corrected chi connectivity index (χ0v) is 14.1. The minimum atomic E-state index is -3.65. The Hall–Kier alpha value is -1.51. The molecule has 124 valence electrons. The lowest BCUT2D eigenvalue weighted by molar-refractivity contribution is -0.384. The highest BCUT2D eigenvalue weighted by Gasteiger charge is 2.17. The molecule has 0 aliphatic rings. The molecule has 0 unspecified atom stereocenters. The lowest BCUT2D eigenvalue weighted by atomic mass is 10.2. The van der Waals surface area contributed by atoms with Crippen molar-refractivity contribution in [2.45, 2.75) is 44.7 Å². The maximum Gasteiger partial charge on any atom is 0.269 e. The van der Waals surface area contributed by atoms with E-state index in [1.807, 2.05) is 0 Å². The number of benzene rings is 1. The van der Waals surface area contributed by atoms with Gasteiger partial charge in [0.1, 0.15) is 0 Å². The number of nitro groups is 1. The van der Waals surface area contributed by atoms with Gasteiger partial charge < -0.3 is 0 Å². The van der Waals surface area contributed by atoms with Gasteiger partial charge in [0.15, 0.2) is 0 Å². The molecule has 0 aliphatic carbocycles. The molecule has 0 amide bonds. The molecule has 0 saturated carbocycles. The molecule has 22 heavy (non-hydrogen) atoms. The Labute approximate surface area is 131 Å². The van der Waals surface area contributed by atoms with Gasteiger partial charge in [-0.25, -0.2) is 13.1 Å². The molecule has 0 saturated heterocycles. The third kappa shape index (κ3) is 5.04. The Bertz CT molecular complexity index is 589. The highest BCUT2D eigenvalue weighted by Crippen LogP contribution is 2.15. The highest BCUT2D eigenvalue weighted by molar-refractivity contribution is 7.89. The molecule has 1 aromatic rings. The van der Waals surface area contributed by atoms with Crippen LogP contribution in [0.15, 0.2) is 29.2 Å². The van der Waals surface area contributed by atoms with E-state index in [0.29, 0.717) is 18.6 Å². The van der Waals surface area contributed by atoms with Crippen LogP contribution in [-0.2, 0) is 10.0 Å². The normalized spacial score (nSPS) is 12.3. The smallest absolute Gasteiger partial charge is 0.269 e. The van der Waals surface area contributed by atoms with Gasteiger partial charge in [0.2, 0.25) is 10.0 Å². The van der Waals surface area contributed by atoms with E-state index in [1.54, 1.807) is 0 Å². The minimum Gasteiger partial charge on any atom is -0.297 e. The fourth-order valence-corrected chi connectivity index (χ4v) is 3.27.